The first-order valence-corrected chi connectivity index (χ1v) is 16.8. The maximum atomic E-state index is 2.55. The number of aryl methyl sites for hydroxylation is 3. The van der Waals surface area contributed by atoms with E-state index in [1.54, 1.807) is 11.1 Å². The molecule has 0 aliphatic rings. The van der Waals surface area contributed by atoms with Crippen LogP contribution in [0.5, 0.6) is 0 Å². The van der Waals surface area contributed by atoms with E-state index in [0.717, 1.165) is 0 Å². The summed E-state index contributed by atoms with van der Waals surface area (Å²) in [5.41, 5.74) is 3.18. The zero-order chi connectivity index (χ0) is 25.9. The molecule has 1 aromatic rings. The molecule has 0 aromatic carbocycles. The van der Waals surface area contributed by atoms with Crippen molar-refractivity contribution in [2.75, 3.05) is 0 Å². The largest absolute Gasteiger partial charge is 0.205 e. The second-order valence-electron chi connectivity index (χ2n) is 11.7. The van der Waals surface area contributed by atoms with Crippen molar-refractivity contribution in [3.8, 4) is 0 Å². The first-order valence-electron chi connectivity index (χ1n) is 16.8. The molecule has 0 N–H and O–H groups in total. The van der Waals surface area contributed by atoms with Gasteiger partial charge in [-0.1, -0.05) is 149 Å². The Morgan fingerprint density at radius 2 is 0.694 bits per heavy atom. The van der Waals surface area contributed by atoms with E-state index in [-0.39, 0.29) is 0 Å². The minimum atomic E-state index is 1.21. The molecule has 1 rings (SSSR count). The summed E-state index contributed by atoms with van der Waals surface area (Å²) >= 11 is 0. The second-order valence-corrected chi connectivity index (χ2v) is 11.7. The van der Waals surface area contributed by atoms with E-state index in [1.807, 2.05) is 0 Å². The topological polar surface area (TPSA) is 3.88 Å². The predicted octanol–water partition coefficient (Wildman–Crippen LogP) is 11.5. The lowest BCUT2D eigenvalue weighted by Gasteiger charge is -2.07. The molecule has 0 aliphatic heterocycles. The van der Waals surface area contributed by atoms with Gasteiger partial charge >= 0.3 is 0 Å². The molecule has 1 aromatic heterocycles. The summed E-state index contributed by atoms with van der Waals surface area (Å²) < 4.78 is 2.53. The normalized spacial score (nSPS) is 11.4. The molecule has 0 spiro atoms. The Kier molecular flexibility index (Phi) is 23.8. The van der Waals surface area contributed by atoms with Crippen molar-refractivity contribution in [2.45, 2.75) is 194 Å². The fraction of sp³-hybridized carbons (Fsp3) is 0.857. The van der Waals surface area contributed by atoms with Crippen LogP contribution in [-0.4, -0.2) is 0 Å². The molecule has 0 bridgehead atoms. The molecule has 1 heteroatoms. The lowest BCUT2D eigenvalue weighted by atomic mass is 10.0. The first-order chi connectivity index (χ1) is 17.8. The van der Waals surface area contributed by atoms with Crippen LogP contribution in [-0.2, 0) is 19.4 Å². The fourth-order valence-corrected chi connectivity index (χ4v) is 5.53. The summed E-state index contributed by atoms with van der Waals surface area (Å²) in [7, 11) is 0. The van der Waals surface area contributed by atoms with Crippen LogP contribution in [0.3, 0.4) is 0 Å². The van der Waals surface area contributed by atoms with E-state index < -0.39 is 0 Å². The van der Waals surface area contributed by atoms with Crippen LogP contribution in [0.2, 0.25) is 0 Å². The van der Waals surface area contributed by atoms with E-state index in [9.17, 15) is 0 Å². The number of nitrogens with zero attached hydrogens (tertiary/aromatic N) is 1. The monoisotopic (exact) mass is 501 g/mol. The van der Waals surface area contributed by atoms with Gasteiger partial charge in [-0.3, -0.25) is 0 Å². The molecule has 36 heavy (non-hydrogen) atoms. The third-order valence-corrected chi connectivity index (χ3v) is 7.94. The van der Waals surface area contributed by atoms with Gasteiger partial charge in [-0.05, 0) is 38.2 Å². The van der Waals surface area contributed by atoms with Crippen molar-refractivity contribution in [3.05, 3.63) is 29.6 Å². The molecule has 0 unspecified atom stereocenters. The summed E-state index contributed by atoms with van der Waals surface area (Å²) in [4.78, 5) is 0. The van der Waals surface area contributed by atoms with E-state index in [4.69, 9.17) is 0 Å². The number of hydrogen-bond acceptors (Lipinski definition) is 0. The highest BCUT2D eigenvalue weighted by Gasteiger charge is 2.08. The maximum absolute atomic E-state index is 2.55. The van der Waals surface area contributed by atoms with Gasteiger partial charge in [0.05, 0.1) is 0 Å². The molecule has 0 aliphatic carbocycles. The van der Waals surface area contributed by atoms with Crippen LogP contribution < -0.4 is 4.57 Å². The van der Waals surface area contributed by atoms with Gasteiger partial charge in [-0.15, -0.1) is 0 Å². The Morgan fingerprint density at radius 1 is 0.389 bits per heavy atom. The third-order valence-electron chi connectivity index (χ3n) is 7.94. The van der Waals surface area contributed by atoms with E-state index in [1.165, 1.54) is 173 Å². The van der Waals surface area contributed by atoms with E-state index in [0.29, 0.717) is 0 Å². The Labute approximate surface area is 228 Å². The summed E-state index contributed by atoms with van der Waals surface area (Å²) in [6.45, 7) is 8.13. The van der Waals surface area contributed by atoms with Crippen molar-refractivity contribution in [3.63, 3.8) is 0 Å². The lowest BCUT2D eigenvalue weighted by molar-refractivity contribution is -0.698. The van der Waals surface area contributed by atoms with Crippen LogP contribution >= 0.6 is 0 Å². The average Bonchev–Trinajstić information content (AvgIpc) is 2.89. The molecular formula is C35H66N+. The van der Waals surface area contributed by atoms with Crippen molar-refractivity contribution in [1.29, 1.82) is 0 Å². The van der Waals surface area contributed by atoms with Crippen LogP contribution in [0.25, 0.3) is 0 Å². The number of pyridine rings is 1. The van der Waals surface area contributed by atoms with E-state index >= 15 is 0 Å². The molecule has 210 valence electrons. The highest BCUT2D eigenvalue weighted by Crippen LogP contribution is 2.15. The predicted molar refractivity (Wildman–Crippen MR) is 162 cm³/mol. The van der Waals surface area contributed by atoms with Crippen LogP contribution in [0.15, 0.2) is 18.5 Å². The van der Waals surface area contributed by atoms with Gasteiger partial charge in [0.2, 0.25) is 0 Å². The van der Waals surface area contributed by atoms with Gasteiger partial charge in [0.1, 0.15) is 6.54 Å². The van der Waals surface area contributed by atoms with Crippen molar-refractivity contribution in [1.82, 2.24) is 0 Å². The number of aromatic nitrogens is 1. The quantitative estimate of drug-likeness (QED) is 0.0835. The van der Waals surface area contributed by atoms with Gasteiger partial charge in [-0.25, -0.2) is 4.57 Å². The molecule has 1 heterocycles. The molecular weight excluding hydrogens is 434 g/mol. The van der Waals surface area contributed by atoms with Gasteiger partial charge < -0.3 is 0 Å². The fourth-order valence-electron chi connectivity index (χ4n) is 5.53. The number of rotatable bonds is 27. The summed E-state index contributed by atoms with van der Waals surface area (Å²) in [5.74, 6) is 0. The number of unbranched alkanes of at least 4 members (excludes halogenated alkanes) is 21. The maximum Gasteiger partial charge on any atom is 0.171 e. The molecule has 0 radical (unpaired) electrons. The highest BCUT2D eigenvalue weighted by atomic mass is 14.9. The zero-order valence-corrected chi connectivity index (χ0v) is 25.3. The van der Waals surface area contributed by atoms with Gasteiger partial charge in [0.15, 0.2) is 12.4 Å². The van der Waals surface area contributed by atoms with E-state index in [2.05, 4.69) is 43.8 Å². The summed E-state index contributed by atoms with van der Waals surface area (Å²) in [6.07, 6.45) is 41.4. The molecule has 0 atom stereocenters. The van der Waals surface area contributed by atoms with Crippen LogP contribution in [0.4, 0.5) is 0 Å². The zero-order valence-electron chi connectivity index (χ0n) is 25.3. The van der Waals surface area contributed by atoms with Crippen molar-refractivity contribution < 1.29 is 4.57 Å². The standard InChI is InChI=1S/C35H66N/c1-4-7-10-13-15-17-19-21-23-25-28-34-31-35(33-36(32-34)30-27-12-9-6-3)29-26-24-22-20-18-16-14-11-8-5-2/h31-33H,4-30H2,1-3H3/q+1. The summed E-state index contributed by atoms with van der Waals surface area (Å²) in [6, 6.07) is 2.55. The van der Waals surface area contributed by atoms with Gasteiger partial charge in [0.25, 0.3) is 0 Å². The second kappa shape index (κ2) is 25.8. The summed E-state index contributed by atoms with van der Waals surface area (Å²) in [5, 5.41) is 0. The Balaban J connectivity index is 2.31. The minimum Gasteiger partial charge on any atom is -0.205 e. The Morgan fingerprint density at radius 3 is 1.06 bits per heavy atom. The minimum absolute atomic E-state index is 1.21. The van der Waals surface area contributed by atoms with Crippen LogP contribution in [0.1, 0.15) is 186 Å². The Hall–Kier alpha value is -0.850. The molecule has 0 fully saturated rings. The lowest BCUT2D eigenvalue weighted by Crippen LogP contribution is -2.34. The van der Waals surface area contributed by atoms with Crippen molar-refractivity contribution in [2.24, 2.45) is 0 Å². The molecule has 1 nitrogen and oxygen atoms in total. The SMILES string of the molecule is CCCCCCCCCCCCc1cc(CCCCCCCCCCCC)c[n+](CCCCCC)c1. The smallest absolute Gasteiger partial charge is 0.171 e. The average molecular weight is 501 g/mol. The van der Waals surface area contributed by atoms with Gasteiger partial charge in [0, 0.05) is 17.5 Å². The molecule has 0 amide bonds. The van der Waals surface area contributed by atoms with Gasteiger partial charge in [-0.2, -0.15) is 0 Å². The highest BCUT2D eigenvalue weighted by molar-refractivity contribution is 5.15. The molecule has 0 saturated carbocycles. The van der Waals surface area contributed by atoms with Crippen LogP contribution in [0, 0.1) is 0 Å². The first kappa shape index (κ1) is 33.2. The third kappa shape index (κ3) is 20.2. The van der Waals surface area contributed by atoms with Crippen molar-refractivity contribution >= 4 is 0 Å². The number of hydrogen-bond donors (Lipinski definition) is 0. The molecule has 0 saturated heterocycles. The Bertz CT molecular complexity index is 536.